The van der Waals surface area contributed by atoms with Crippen LogP contribution in [0.5, 0.6) is 0 Å². The van der Waals surface area contributed by atoms with E-state index in [9.17, 15) is 9.59 Å². The zero-order chi connectivity index (χ0) is 23.4. The minimum absolute atomic E-state index is 0.361. The average Bonchev–Trinajstić information content (AvgIpc) is 3.24. The van der Waals surface area contributed by atoms with Gasteiger partial charge in [-0.05, 0) is 79.9 Å². The van der Waals surface area contributed by atoms with E-state index in [0.717, 1.165) is 35.5 Å². The Morgan fingerprint density at radius 3 is 2.15 bits per heavy atom. The summed E-state index contributed by atoms with van der Waals surface area (Å²) >= 11 is 1.81. The molecule has 1 heterocycles. The molecule has 0 aliphatic heterocycles. The van der Waals surface area contributed by atoms with Crippen LogP contribution in [0, 0.1) is 6.92 Å². The van der Waals surface area contributed by atoms with E-state index >= 15 is 0 Å². The van der Waals surface area contributed by atoms with E-state index in [4.69, 9.17) is 9.47 Å². The number of thiophene rings is 1. The number of nitrogens with one attached hydrogen (secondary N) is 1. The average molecular weight is 461 g/mol. The molecule has 0 fully saturated rings. The fourth-order valence-electron chi connectivity index (χ4n) is 3.69. The van der Waals surface area contributed by atoms with Crippen LogP contribution in [0.4, 0.5) is 11.4 Å². The van der Waals surface area contributed by atoms with Crippen LogP contribution in [-0.4, -0.2) is 32.4 Å². The number of benzene rings is 2. The molecule has 0 saturated carbocycles. The van der Waals surface area contributed by atoms with E-state index in [0.29, 0.717) is 11.1 Å². The van der Waals surface area contributed by atoms with Crippen LogP contribution >= 0.6 is 11.3 Å². The summed E-state index contributed by atoms with van der Waals surface area (Å²) in [5, 5.41) is 3.53. The Balaban J connectivity index is 1.64. The number of ether oxygens (including phenoxy) is 2. The minimum atomic E-state index is -0.370. The van der Waals surface area contributed by atoms with Crippen molar-refractivity contribution < 1.29 is 19.1 Å². The summed E-state index contributed by atoms with van der Waals surface area (Å²) in [6.07, 6.45) is 3.70. The highest BCUT2D eigenvalue weighted by Crippen LogP contribution is 2.37. The van der Waals surface area contributed by atoms with Crippen LogP contribution < -0.4 is 5.32 Å². The maximum absolute atomic E-state index is 11.7. The van der Waals surface area contributed by atoms with Crippen LogP contribution in [0.2, 0.25) is 0 Å². The number of aliphatic imine (C=N–C) groups is 1. The van der Waals surface area contributed by atoms with Crippen molar-refractivity contribution in [2.75, 3.05) is 19.5 Å². The fraction of sp³-hybridized carbons (Fsp3) is 0.192. The summed E-state index contributed by atoms with van der Waals surface area (Å²) in [5.41, 5.74) is 5.92. The third-order valence-corrected chi connectivity index (χ3v) is 6.49. The van der Waals surface area contributed by atoms with E-state index in [2.05, 4.69) is 23.3 Å². The van der Waals surface area contributed by atoms with Gasteiger partial charge in [0.2, 0.25) is 0 Å². The predicted octanol–water partition coefficient (Wildman–Crippen LogP) is 5.80. The second kappa shape index (κ2) is 9.83. The molecule has 1 aromatic heterocycles. The Hall–Kier alpha value is -3.71. The summed E-state index contributed by atoms with van der Waals surface area (Å²) in [5.74, 6) is -0.731. The molecule has 3 aromatic rings. The lowest BCUT2D eigenvalue weighted by Crippen LogP contribution is -2.10. The molecule has 168 valence electrons. The SMILES string of the molecule is COC(=O)c1ccc(N=CC2=C(Nc3ccc(C(=O)OC)cc3)c3cc(C)sc3CC2)cc1. The van der Waals surface area contributed by atoms with Gasteiger partial charge in [-0.15, -0.1) is 11.3 Å². The second-order valence-corrected chi connectivity index (χ2v) is 8.93. The number of carbonyl (C=O) groups is 2. The zero-order valence-corrected chi connectivity index (χ0v) is 19.5. The first-order chi connectivity index (χ1) is 16.0. The molecular formula is C26H24N2O4S. The first-order valence-corrected chi connectivity index (χ1v) is 11.3. The molecule has 7 heteroatoms. The maximum Gasteiger partial charge on any atom is 0.337 e. The van der Waals surface area contributed by atoms with Crippen molar-refractivity contribution in [2.45, 2.75) is 19.8 Å². The number of anilines is 1. The number of fused-ring (bicyclic) bond motifs is 1. The molecule has 0 amide bonds. The number of allylic oxidation sites excluding steroid dienone is 1. The number of hydrogen-bond acceptors (Lipinski definition) is 7. The van der Waals surface area contributed by atoms with Gasteiger partial charge in [-0.2, -0.15) is 0 Å². The van der Waals surface area contributed by atoms with Crippen LogP contribution in [0.1, 0.15) is 42.5 Å². The molecule has 6 nitrogen and oxygen atoms in total. The highest BCUT2D eigenvalue weighted by atomic mass is 32.1. The number of rotatable bonds is 6. The van der Waals surface area contributed by atoms with Crippen molar-refractivity contribution in [1.82, 2.24) is 0 Å². The van der Waals surface area contributed by atoms with Crippen LogP contribution in [-0.2, 0) is 15.9 Å². The molecule has 0 atom stereocenters. The standard InChI is InChI=1S/C26H24N2O4S/c1-16-14-22-23(33-16)13-8-19(15-27-20-9-4-17(5-10-20)25(29)31-2)24(22)28-21-11-6-18(7-12-21)26(30)32-3/h4-7,9-12,14-15,28H,8,13H2,1-3H3. The molecule has 0 radical (unpaired) electrons. The van der Waals surface area contributed by atoms with E-state index < -0.39 is 0 Å². The molecule has 0 spiro atoms. The van der Waals surface area contributed by atoms with Crippen LogP contribution in [0.25, 0.3) is 5.70 Å². The molecule has 1 aliphatic carbocycles. The quantitative estimate of drug-likeness (QED) is 0.371. The summed E-state index contributed by atoms with van der Waals surface area (Å²) in [4.78, 5) is 30.6. The maximum atomic E-state index is 11.7. The van der Waals surface area contributed by atoms with E-state index in [1.54, 1.807) is 36.4 Å². The Bertz CT molecular complexity index is 1240. The number of nitrogens with zero attached hydrogens (tertiary/aromatic N) is 1. The Labute approximate surface area is 196 Å². The van der Waals surface area contributed by atoms with Gasteiger partial charge in [-0.25, -0.2) is 9.59 Å². The number of aryl methyl sites for hydroxylation is 2. The smallest absolute Gasteiger partial charge is 0.337 e. The van der Waals surface area contributed by atoms with Gasteiger partial charge in [0.05, 0.1) is 36.7 Å². The number of esters is 2. The van der Waals surface area contributed by atoms with Crippen LogP contribution in [0.15, 0.2) is 65.2 Å². The van der Waals surface area contributed by atoms with Crippen molar-refractivity contribution in [3.05, 3.63) is 86.6 Å². The van der Waals surface area contributed by atoms with Gasteiger partial charge in [0, 0.05) is 27.2 Å². The highest BCUT2D eigenvalue weighted by molar-refractivity contribution is 7.12. The van der Waals surface area contributed by atoms with Gasteiger partial charge in [0.15, 0.2) is 0 Å². The van der Waals surface area contributed by atoms with Crippen molar-refractivity contribution in [3.63, 3.8) is 0 Å². The number of hydrogen-bond donors (Lipinski definition) is 1. The second-order valence-electron chi connectivity index (χ2n) is 7.58. The van der Waals surface area contributed by atoms with Gasteiger partial charge in [-0.1, -0.05) is 0 Å². The largest absolute Gasteiger partial charge is 0.465 e. The monoisotopic (exact) mass is 460 g/mol. The lowest BCUT2D eigenvalue weighted by Gasteiger charge is -2.20. The third-order valence-electron chi connectivity index (χ3n) is 5.38. The van der Waals surface area contributed by atoms with Gasteiger partial charge >= 0.3 is 11.9 Å². The summed E-state index contributed by atoms with van der Waals surface area (Å²) in [6.45, 7) is 2.11. The zero-order valence-electron chi connectivity index (χ0n) is 18.7. The highest BCUT2D eigenvalue weighted by Gasteiger charge is 2.21. The summed E-state index contributed by atoms with van der Waals surface area (Å²) < 4.78 is 9.53. The molecule has 0 bridgehead atoms. The fourth-order valence-corrected chi connectivity index (χ4v) is 4.73. The Morgan fingerprint density at radius 2 is 1.55 bits per heavy atom. The summed E-state index contributed by atoms with van der Waals surface area (Å²) in [6, 6.07) is 16.4. The normalized spacial score (nSPS) is 13.1. The molecule has 4 rings (SSSR count). The van der Waals surface area contributed by atoms with Crippen molar-refractivity contribution >= 4 is 46.6 Å². The molecule has 1 N–H and O–H groups in total. The number of methoxy groups -OCH3 is 2. The molecule has 1 aliphatic rings. The van der Waals surface area contributed by atoms with Gasteiger partial charge < -0.3 is 14.8 Å². The van der Waals surface area contributed by atoms with Gasteiger partial charge in [-0.3, -0.25) is 4.99 Å². The third kappa shape index (κ3) is 5.04. The molecule has 0 unspecified atom stereocenters. The minimum Gasteiger partial charge on any atom is -0.465 e. The molecular weight excluding hydrogens is 436 g/mol. The molecule has 33 heavy (non-hydrogen) atoms. The topological polar surface area (TPSA) is 77.0 Å². The lowest BCUT2D eigenvalue weighted by molar-refractivity contribution is 0.0592. The van der Waals surface area contributed by atoms with Gasteiger partial charge in [0.1, 0.15) is 0 Å². The van der Waals surface area contributed by atoms with E-state index in [-0.39, 0.29) is 11.9 Å². The Morgan fingerprint density at radius 1 is 0.939 bits per heavy atom. The molecule has 0 saturated heterocycles. The number of carbonyl (C=O) groups excluding carboxylic acids is 2. The predicted molar refractivity (Wildman–Crippen MR) is 132 cm³/mol. The first kappa shape index (κ1) is 22.5. The Kier molecular flexibility index (Phi) is 6.70. The first-order valence-electron chi connectivity index (χ1n) is 10.5. The van der Waals surface area contributed by atoms with Crippen molar-refractivity contribution in [3.8, 4) is 0 Å². The lowest BCUT2D eigenvalue weighted by atomic mass is 9.95. The van der Waals surface area contributed by atoms with E-state index in [1.165, 1.54) is 29.5 Å². The van der Waals surface area contributed by atoms with Gasteiger partial charge in [0.25, 0.3) is 0 Å². The summed E-state index contributed by atoms with van der Waals surface area (Å²) in [7, 11) is 2.73. The van der Waals surface area contributed by atoms with Crippen molar-refractivity contribution in [1.29, 1.82) is 0 Å². The van der Waals surface area contributed by atoms with E-state index in [1.807, 2.05) is 29.7 Å². The molecule has 2 aromatic carbocycles. The van der Waals surface area contributed by atoms with Crippen LogP contribution in [0.3, 0.4) is 0 Å². The van der Waals surface area contributed by atoms with Crippen molar-refractivity contribution in [2.24, 2.45) is 4.99 Å².